The molecule has 0 N–H and O–H groups in total. The zero-order valence-electron chi connectivity index (χ0n) is 68.2. The average molecular weight is 1220 g/mol. The maximum absolute atomic E-state index is 8.39. The van der Waals surface area contributed by atoms with Gasteiger partial charge >= 0.3 is 0 Å². The molecule has 0 bridgehead atoms. The first kappa shape index (κ1) is 59.2. The van der Waals surface area contributed by atoms with Gasteiger partial charge in [0.05, 0.1) is 0 Å². The Balaban J connectivity index is 0.000000197. The first-order chi connectivity index (χ1) is 46.2. The van der Waals surface area contributed by atoms with E-state index in [0.717, 1.165) is 57.7 Å². The van der Waals surface area contributed by atoms with Gasteiger partial charge in [-0.15, -0.1) is 0 Å². The Labute approximate surface area is 564 Å². The van der Waals surface area contributed by atoms with E-state index in [1.54, 1.807) is 24.6 Å². The quantitative estimate of drug-likeness (QED) is 0.122. The molecule has 0 amide bonds. The average Bonchev–Trinajstić information content (AvgIpc) is 0.775. The highest BCUT2D eigenvalue weighted by atomic mass is 14.9. The van der Waals surface area contributed by atoms with E-state index in [1.807, 2.05) is 131 Å². The molecule has 0 aliphatic heterocycles. The fourth-order valence-corrected chi connectivity index (χ4v) is 11.4. The van der Waals surface area contributed by atoms with E-state index in [1.165, 1.54) is 80.1 Å². The normalized spacial score (nSPS) is 13.3. The van der Waals surface area contributed by atoms with Crippen LogP contribution in [0, 0.1) is 64.6 Å². The van der Waals surface area contributed by atoms with Crippen LogP contribution < -0.4 is 22.8 Å². The van der Waals surface area contributed by atoms with Crippen LogP contribution in [0.4, 0.5) is 0 Å². The van der Waals surface area contributed by atoms with Crippen LogP contribution in [-0.2, 0) is 67.2 Å². The van der Waals surface area contributed by atoms with Crippen molar-refractivity contribution >= 4 is 0 Å². The summed E-state index contributed by atoms with van der Waals surface area (Å²) in [5.74, 6) is 0. The van der Waals surface area contributed by atoms with Crippen molar-refractivity contribution in [3.8, 4) is 56.3 Å². The van der Waals surface area contributed by atoms with Crippen molar-refractivity contribution in [2.75, 3.05) is 0 Å². The summed E-state index contributed by atoms with van der Waals surface area (Å²) < 4.78 is 81.7. The van der Waals surface area contributed by atoms with Gasteiger partial charge < -0.3 is 0 Å². The standard InChI is InChI=1S/3C18H24N.2C16H20N/c1-14-8-6-7-9-16(14)17-12-15(10-11-19(17)5)13-18(2,3)4;2*1-14-8-6-7-9-16(14)17-11-10-15(13-19(17)5)12-18(2,3)4;1-5-14-10-16(17(4)11-13(14)3)15-9-7-6-8-12(15)2;1-5-14-11-17(4)16(10-13(14)3)15-9-7-6-8-12(15)2/h6-12H,13H2,1-5H3;2*6-11,13H,12H2,1-5H3;2*6-11H,5H2,1-4H3/q5*+1/i;12D2;;3D3,5D2;5D2. The van der Waals surface area contributed by atoms with E-state index in [4.69, 9.17) is 12.3 Å². The summed E-state index contributed by atoms with van der Waals surface area (Å²) in [5.41, 5.74) is 23.4. The van der Waals surface area contributed by atoms with Crippen molar-refractivity contribution in [3.63, 3.8) is 0 Å². The molecule has 0 aliphatic carbocycles. The molecule has 0 radical (unpaired) electrons. The van der Waals surface area contributed by atoms with Crippen LogP contribution in [0.15, 0.2) is 201 Å². The number of aryl methyl sites for hydroxylation is 14. The minimum absolute atomic E-state index is 0.0554. The minimum atomic E-state index is -2.35. The number of aromatic nitrogens is 5. The van der Waals surface area contributed by atoms with Gasteiger partial charge in [-0.05, 0) is 184 Å². The highest BCUT2D eigenvalue weighted by Gasteiger charge is 2.21. The van der Waals surface area contributed by atoms with Gasteiger partial charge in [0.1, 0.15) is 35.2 Å². The fraction of sp³-hybridized carbons (Fsp3) is 0.360. The van der Waals surface area contributed by atoms with E-state index in [9.17, 15) is 0 Å². The number of nitrogens with zero attached hydrogens (tertiary/aromatic N) is 5. The van der Waals surface area contributed by atoms with Gasteiger partial charge in [0.2, 0.25) is 28.5 Å². The second-order valence-electron chi connectivity index (χ2n) is 27.9. The lowest BCUT2D eigenvalue weighted by Gasteiger charge is -2.18. The largest absolute Gasteiger partial charge is 0.212 e. The fourth-order valence-electron chi connectivity index (χ4n) is 11.4. The molecule has 5 aromatic heterocycles. The first-order valence-corrected chi connectivity index (χ1v) is 32.0. The summed E-state index contributed by atoms with van der Waals surface area (Å²) in [6.07, 6.45) is 7.56. The van der Waals surface area contributed by atoms with Crippen molar-refractivity contribution in [2.24, 2.45) is 51.5 Å². The Bertz CT molecular complexity index is 4440. The molecule has 5 heteroatoms. The van der Waals surface area contributed by atoms with Gasteiger partial charge in [-0.2, -0.15) is 0 Å². The molecule has 0 atom stereocenters. The van der Waals surface area contributed by atoms with Gasteiger partial charge in [0.15, 0.2) is 31.0 Å². The number of pyridine rings is 5. The summed E-state index contributed by atoms with van der Waals surface area (Å²) >= 11 is 0. The Hall–Kier alpha value is -8.15. The molecule has 5 nitrogen and oxygen atoms in total. The van der Waals surface area contributed by atoms with Crippen LogP contribution in [0.5, 0.6) is 0 Å². The zero-order chi connectivity index (χ0) is 74.8. The van der Waals surface area contributed by atoms with Crippen LogP contribution in [0.2, 0.25) is 0 Å². The van der Waals surface area contributed by atoms with Crippen molar-refractivity contribution in [3.05, 3.63) is 268 Å². The summed E-state index contributed by atoms with van der Waals surface area (Å²) in [5, 5.41) is 0. The van der Waals surface area contributed by atoms with E-state index in [2.05, 4.69) is 208 Å². The second kappa shape index (κ2) is 32.2. The molecule has 5 heterocycles. The van der Waals surface area contributed by atoms with Crippen molar-refractivity contribution < 1.29 is 35.2 Å². The third-order valence-electron chi connectivity index (χ3n) is 15.9. The maximum atomic E-state index is 8.39. The molecule has 5 aromatic carbocycles. The molecule has 0 aliphatic rings. The molecule has 0 unspecified atom stereocenters. The lowest BCUT2D eigenvalue weighted by atomic mass is 9.88. The Morgan fingerprint density at radius 3 is 1.05 bits per heavy atom. The van der Waals surface area contributed by atoms with E-state index >= 15 is 0 Å². The van der Waals surface area contributed by atoms with Crippen LogP contribution in [0.1, 0.15) is 155 Å². The highest BCUT2D eigenvalue weighted by molar-refractivity contribution is 5.65. The van der Waals surface area contributed by atoms with Gasteiger partial charge in [-0.3, -0.25) is 0 Å². The lowest BCUT2D eigenvalue weighted by Crippen LogP contribution is -2.32. The molecule has 0 saturated heterocycles. The monoisotopic (exact) mass is 1220 g/mol. The lowest BCUT2D eigenvalue weighted by molar-refractivity contribution is -0.661. The molecule has 10 rings (SSSR count). The third kappa shape index (κ3) is 21.2. The molecular weight excluding hydrogens is 1100 g/mol. The summed E-state index contributed by atoms with van der Waals surface area (Å²) in [6.45, 7) is 32.6. The predicted molar refractivity (Wildman–Crippen MR) is 387 cm³/mol. The molecule has 91 heavy (non-hydrogen) atoms. The van der Waals surface area contributed by atoms with Crippen LogP contribution >= 0.6 is 0 Å². The number of rotatable bonds is 10. The molecule has 0 spiro atoms. The van der Waals surface area contributed by atoms with Crippen molar-refractivity contribution in [2.45, 2.75) is 157 Å². The van der Waals surface area contributed by atoms with Gasteiger partial charge in [-0.25, -0.2) is 22.8 Å². The summed E-state index contributed by atoms with van der Waals surface area (Å²) in [7, 11) is 9.98. The Morgan fingerprint density at radius 1 is 0.319 bits per heavy atom. The summed E-state index contributed by atoms with van der Waals surface area (Å²) in [6, 6.07) is 58.1. The van der Waals surface area contributed by atoms with Gasteiger partial charge in [0, 0.05) is 98.8 Å². The van der Waals surface area contributed by atoms with E-state index < -0.39 is 31.4 Å². The minimum Gasteiger partial charge on any atom is -0.201 e. The molecule has 0 fully saturated rings. The number of hydrogen-bond acceptors (Lipinski definition) is 0. The van der Waals surface area contributed by atoms with E-state index in [-0.39, 0.29) is 11.1 Å². The first-order valence-electron chi connectivity index (χ1n) is 36.5. The molecule has 10 aromatic rings. The van der Waals surface area contributed by atoms with Crippen LogP contribution in [-0.4, -0.2) is 0 Å². The smallest absolute Gasteiger partial charge is 0.201 e. The third-order valence-corrected chi connectivity index (χ3v) is 15.9. The number of benzene rings is 5. The topological polar surface area (TPSA) is 19.4 Å². The predicted octanol–water partition coefficient (Wildman–Crippen LogP) is 18.9. The van der Waals surface area contributed by atoms with Crippen molar-refractivity contribution in [1.82, 2.24) is 0 Å². The molecule has 0 saturated carbocycles. The van der Waals surface area contributed by atoms with Gasteiger partial charge in [-0.1, -0.05) is 167 Å². The van der Waals surface area contributed by atoms with Gasteiger partial charge in [0.25, 0.3) is 0 Å². The maximum Gasteiger partial charge on any atom is 0.212 e. The Morgan fingerprint density at radius 2 is 0.670 bits per heavy atom. The van der Waals surface area contributed by atoms with E-state index in [0.29, 0.717) is 10.8 Å². The highest BCUT2D eigenvalue weighted by Crippen LogP contribution is 2.29. The van der Waals surface area contributed by atoms with Crippen LogP contribution in [0.3, 0.4) is 0 Å². The molecular formula is C86H112N5+5. The van der Waals surface area contributed by atoms with Crippen LogP contribution in [0.25, 0.3) is 56.3 Å². The zero-order valence-corrected chi connectivity index (χ0v) is 59.2. The second-order valence-corrected chi connectivity index (χ2v) is 27.9. The molecule has 476 valence electrons. The SMILES string of the molecule is Cc1ccccc1-c1cc(CC(C)(C)C)cc[n+]1C.Cc1ccccc1-c1ccc(CC(C)(C)C)c[n+]1C.[2H]C([2H])(C)c1c[n+](C)c(-c2ccccc2C)cc1C.[2H]C([2H])([2H])c1c[n+](C)c(-c2ccccc2C)cc1C([2H])([2H])C.[2H]C([2H])(c1ccc(-c2ccccc2C)[n+](C)c1)C(C)(C)C. The Kier molecular flexibility index (Phi) is 21.0. The van der Waals surface area contributed by atoms with Crippen molar-refractivity contribution in [1.29, 1.82) is 0 Å². The number of hydrogen-bond donors (Lipinski definition) is 0. The summed E-state index contributed by atoms with van der Waals surface area (Å²) in [4.78, 5) is 0.